The van der Waals surface area contributed by atoms with Crippen LogP contribution in [0, 0.1) is 5.92 Å². The van der Waals surface area contributed by atoms with E-state index in [9.17, 15) is 4.79 Å². The first-order chi connectivity index (χ1) is 14.1. The lowest BCUT2D eigenvalue weighted by atomic mass is 9.84. The second-order valence-electron chi connectivity index (χ2n) is 8.51. The van der Waals surface area contributed by atoms with E-state index < -0.39 is 0 Å². The first-order valence-corrected chi connectivity index (χ1v) is 11.3. The van der Waals surface area contributed by atoms with Crippen LogP contribution in [-0.4, -0.2) is 22.1 Å². The number of amides is 1. The van der Waals surface area contributed by atoms with Gasteiger partial charge in [0.2, 0.25) is 0 Å². The van der Waals surface area contributed by atoms with E-state index in [0.29, 0.717) is 11.6 Å². The highest BCUT2D eigenvalue weighted by atomic mass is 35.5. The molecule has 0 spiro atoms. The number of aromatic nitrogens is 2. The maximum atomic E-state index is 13.0. The molecule has 1 saturated carbocycles. The van der Waals surface area contributed by atoms with Crippen LogP contribution in [0.3, 0.4) is 0 Å². The Hall–Kier alpha value is -2.07. The molecule has 29 heavy (non-hydrogen) atoms. The third kappa shape index (κ3) is 4.75. The lowest BCUT2D eigenvalue weighted by Gasteiger charge is -2.28. The van der Waals surface area contributed by atoms with Crippen LogP contribution in [-0.2, 0) is 6.42 Å². The molecule has 1 aromatic carbocycles. The molecule has 0 radical (unpaired) electrons. The third-order valence-electron chi connectivity index (χ3n) is 6.45. The summed E-state index contributed by atoms with van der Waals surface area (Å²) in [5.41, 5.74) is 4.96. The molecule has 4 rings (SSSR count). The minimum Gasteiger partial charge on any atom is -0.348 e. The zero-order valence-corrected chi connectivity index (χ0v) is 17.9. The lowest BCUT2D eigenvalue weighted by Crippen LogP contribution is -2.39. The van der Waals surface area contributed by atoms with Crippen molar-refractivity contribution in [3.05, 3.63) is 51.8 Å². The summed E-state index contributed by atoms with van der Waals surface area (Å²) < 4.78 is 0. The van der Waals surface area contributed by atoms with Crippen molar-refractivity contribution in [3.63, 3.8) is 0 Å². The van der Waals surface area contributed by atoms with E-state index >= 15 is 0 Å². The molecule has 154 valence electrons. The highest BCUT2D eigenvalue weighted by molar-refractivity contribution is 6.30. The van der Waals surface area contributed by atoms with E-state index in [0.717, 1.165) is 47.5 Å². The second kappa shape index (κ2) is 9.17. The van der Waals surface area contributed by atoms with Gasteiger partial charge in [0, 0.05) is 16.6 Å². The molecule has 0 unspecified atom stereocenters. The topological polar surface area (TPSA) is 57.8 Å². The Morgan fingerprint density at radius 3 is 2.62 bits per heavy atom. The first-order valence-electron chi connectivity index (χ1n) is 11.0. The summed E-state index contributed by atoms with van der Waals surface area (Å²) in [6, 6.07) is 8.05. The number of halogens is 1. The van der Waals surface area contributed by atoms with Crippen molar-refractivity contribution in [1.82, 2.24) is 15.5 Å². The summed E-state index contributed by atoms with van der Waals surface area (Å²) in [4.78, 5) is 13.0. The van der Waals surface area contributed by atoms with Crippen LogP contribution in [0.1, 0.15) is 85.6 Å². The molecule has 0 bridgehead atoms. The number of fused-ring (bicyclic) bond motifs is 1. The van der Waals surface area contributed by atoms with Crippen LogP contribution in [0.2, 0.25) is 5.02 Å². The van der Waals surface area contributed by atoms with E-state index in [4.69, 9.17) is 11.6 Å². The van der Waals surface area contributed by atoms with Gasteiger partial charge in [-0.15, -0.1) is 0 Å². The number of rotatable bonds is 4. The second-order valence-corrected chi connectivity index (χ2v) is 8.95. The Morgan fingerprint density at radius 1 is 1.14 bits per heavy atom. The van der Waals surface area contributed by atoms with Crippen LogP contribution in [0.5, 0.6) is 0 Å². The van der Waals surface area contributed by atoms with Crippen molar-refractivity contribution >= 4 is 29.2 Å². The number of nitrogens with one attached hydrogen (secondary N) is 2. The average molecular weight is 412 g/mol. The molecule has 1 aromatic heterocycles. The molecule has 4 nitrogen and oxygen atoms in total. The number of H-pyrrole nitrogens is 1. The van der Waals surface area contributed by atoms with E-state index in [2.05, 4.69) is 28.5 Å². The predicted octanol–water partition coefficient (Wildman–Crippen LogP) is 6.03. The molecule has 0 aliphatic heterocycles. The monoisotopic (exact) mass is 411 g/mol. The molecule has 1 heterocycles. The Labute approximate surface area is 178 Å². The molecule has 2 aliphatic carbocycles. The zero-order valence-electron chi connectivity index (χ0n) is 17.1. The molecule has 2 aliphatic rings. The molecule has 1 amide bonds. The highest BCUT2D eigenvalue weighted by Gasteiger charge is 2.26. The fourth-order valence-electron chi connectivity index (χ4n) is 4.73. The summed E-state index contributed by atoms with van der Waals surface area (Å²) >= 11 is 6.01. The molecule has 1 atom stereocenters. The van der Waals surface area contributed by atoms with E-state index in [1.807, 2.05) is 24.3 Å². The summed E-state index contributed by atoms with van der Waals surface area (Å²) in [6.07, 6.45) is 12.5. The van der Waals surface area contributed by atoms with Gasteiger partial charge in [-0.3, -0.25) is 9.89 Å². The lowest BCUT2D eigenvalue weighted by molar-refractivity contribution is 0.0913. The maximum Gasteiger partial charge on any atom is 0.269 e. The number of carbonyl (C=O) groups excluding carboxylic acids is 1. The standard InChI is InChI=1S/C24H30ClN3O/c1-16(18-7-3-2-4-8-18)26-24(29)23-21-10-6-5-9-19(22(21)27-28-23)15-17-11-13-20(25)14-12-17/h11-16,18H,2-10H2,1H3,(H,26,29)(H,27,28)/t16-/m1/s1. The Kier molecular flexibility index (Phi) is 6.39. The number of hydrogen-bond donors (Lipinski definition) is 2. The average Bonchev–Trinajstić information content (AvgIpc) is 3.06. The normalized spacial score (nSPS) is 20.1. The minimum absolute atomic E-state index is 0.00966. The largest absolute Gasteiger partial charge is 0.348 e. The SMILES string of the molecule is C[C@@H](NC(=O)c1[nH]nc2c1CCCCC2=Cc1ccc(Cl)cc1)C1CCCCC1. The fourth-order valence-corrected chi connectivity index (χ4v) is 4.86. The van der Waals surface area contributed by atoms with Crippen LogP contribution < -0.4 is 5.32 Å². The van der Waals surface area contributed by atoms with Gasteiger partial charge in [-0.1, -0.05) is 43.0 Å². The summed E-state index contributed by atoms with van der Waals surface area (Å²) in [6.45, 7) is 2.15. The van der Waals surface area contributed by atoms with Crippen LogP contribution in [0.4, 0.5) is 0 Å². The van der Waals surface area contributed by atoms with Crippen molar-refractivity contribution in [2.45, 2.75) is 70.8 Å². The van der Waals surface area contributed by atoms with Gasteiger partial charge in [0.25, 0.3) is 5.91 Å². The van der Waals surface area contributed by atoms with Gasteiger partial charge in [0.15, 0.2) is 0 Å². The quantitative estimate of drug-likeness (QED) is 0.603. The van der Waals surface area contributed by atoms with Crippen molar-refractivity contribution < 1.29 is 4.79 Å². The zero-order chi connectivity index (χ0) is 20.2. The van der Waals surface area contributed by atoms with E-state index in [-0.39, 0.29) is 11.9 Å². The minimum atomic E-state index is -0.00966. The Balaban J connectivity index is 1.55. The molecule has 1 fully saturated rings. The van der Waals surface area contributed by atoms with Crippen molar-refractivity contribution in [2.24, 2.45) is 5.92 Å². The Morgan fingerprint density at radius 2 is 1.86 bits per heavy atom. The number of benzene rings is 1. The number of nitrogens with zero attached hydrogens (tertiary/aromatic N) is 1. The van der Waals surface area contributed by atoms with Gasteiger partial charge < -0.3 is 5.32 Å². The molecular weight excluding hydrogens is 382 g/mol. The fraction of sp³-hybridized carbons (Fsp3) is 0.500. The van der Waals surface area contributed by atoms with Crippen LogP contribution >= 0.6 is 11.6 Å². The Bertz CT molecular complexity index is 878. The first kappa shape index (κ1) is 20.2. The van der Waals surface area contributed by atoms with E-state index in [1.54, 1.807) is 0 Å². The summed E-state index contributed by atoms with van der Waals surface area (Å²) in [7, 11) is 0. The van der Waals surface area contributed by atoms with Crippen LogP contribution in [0.15, 0.2) is 24.3 Å². The summed E-state index contributed by atoms with van der Waals surface area (Å²) in [5, 5.41) is 11.6. The number of hydrogen-bond acceptors (Lipinski definition) is 2. The highest BCUT2D eigenvalue weighted by Crippen LogP contribution is 2.32. The predicted molar refractivity (Wildman–Crippen MR) is 119 cm³/mol. The maximum absolute atomic E-state index is 13.0. The van der Waals surface area contributed by atoms with Gasteiger partial charge in [-0.2, -0.15) is 5.10 Å². The number of allylic oxidation sites excluding steroid dienone is 1. The molecule has 0 saturated heterocycles. The van der Waals surface area contributed by atoms with Gasteiger partial charge in [0.05, 0.1) is 5.69 Å². The van der Waals surface area contributed by atoms with Crippen LogP contribution in [0.25, 0.3) is 11.6 Å². The van der Waals surface area contributed by atoms with Crippen molar-refractivity contribution in [2.75, 3.05) is 0 Å². The number of carbonyl (C=O) groups is 1. The van der Waals surface area contributed by atoms with Gasteiger partial charge in [0.1, 0.15) is 5.69 Å². The van der Waals surface area contributed by atoms with Gasteiger partial charge >= 0.3 is 0 Å². The van der Waals surface area contributed by atoms with Crippen molar-refractivity contribution in [3.8, 4) is 0 Å². The third-order valence-corrected chi connectivity index (χ3v) is 6.70. The summed E-state index contributed by atoms with van der Waals surface area (Å²) in [5.74, 6) is 0.583. The number of aromatic amines is 1. The molecule has 2 N–H and O–H groups in total. The molecule has 2 aromatic rings. The molecule has 5 heteroatoms. The van der Waals surface area contributed by atoms with Crippen molar-refractivity contribution in [1.29, 1.82) is 0 Å². The van der Waals surface area contributed by atoms with Gasteiger partial charge in [-0.25, -0.2) is 0 Å². The van der Waals surface area contributed by atoms with E-state index in [1.165, 1.54) is 37.7 Å². The molecular formula is C24H30ClN3O. The smallest absolute Gasteiger partial charge is 0.269 e. The van der Waals surface area contributed by atoms with Gasteiger partial charge in [-0.05, 0) is 80.7 Å².